The summed E-state index contributed by atoms with van der Waals surface area (Å²) in [5, 5.41) is 6.59. The topological polar surface area (TPSA) is 44.4 Å². The molecule has 0 spiro atoms. The number of nitrogens with zero attached hydrogens (tertiary/aromatic N) is 1. The van der Waals surface area contributed by atoms with Gasteiger partial charge in [-0.3, -0.25) is 9.69 Å². The van der Waals surface area contributed by atoms with Gasteiger partial charge in [-0.1, -0.05) is 13.8 Å². The molecule has 4 heteroatoms. The van der Waals surface area contributed by atoms with Crippen LogP contribution in [-0.2, 0) is 4.79 Å². The fraction of sp³-hybridized carbons (Fsp3) is 0.929. The van der Waals surface area contributed by atoms with Crippen molar-refractivity contribution < 1.29 is 4.79 Å². The summed E-state index contributed by atoms with van der Waals surface area (Å²) in [6.07, 6.45) is 2.00. The van der Waals surface area contributed by atoms with Gasteiger partial charge in [-0.05, 0) is 33.6 Å². The van der Waals surface area contributed by atoms with Gasteiger partial charge in [-0.15, -0.1) is 0 Å². The Hall–Kier alpha value is -0.610. The Morgan fingerprint density at radius 2 is 2.00 bits per heavy atom. The molecule has 0 aromatic heterocycles. The first-order valence-corrected chi connectivity index (χ1v) is 7.29. The molecule has 0 saturated carbocycles. The van der Waals surface area contributed by atoms with Gasteiger partial charge >= 0.3 is 0 Å². The van der Waals surface area contributed by atoms with Crippen molar-refractivity contribution in [2.75, 3.05) is 13.1 Å². The van der Waals surface area contributed by atoms with Gasteiger partial charge < -0.3 is 10.6 Å². The molecular formula is C14H29N3O. The predicted molar refractivity (Wildman–Crippen MR) is 75.6 cm³/mol. The summed E-state index contributed by atoms with van der Waals surface area (Å²) in [4.78, 5) is 14.6. The van der Waals surface area contributed by atoms with Crippen molar-refractivity contribution in [1.29, 1.82) is 0 Å². The van der Waals surface area contributed by atoms with E-state index in [1.165, 1.54) is 0 Å². The monoisotopic (exact) mass is 255 g/mol. The standard InChI is InChI=1S/C14H29N3O/c1-6-13(7-2)16-14(18)12(5)17-9-10(3)15-8-11(17)4/h10-13,15H,6-9H2,1-5H3,(H,16,18). The van der Waals surface area contributed by atoms with Crippen molar-refractivity contribution in [1.82, 2.24) is 15.5 Å². The zero-order valence-electron chi connectivity index (χ0n) is 12.5. The minimum absolute atomic E-state index is 0.0369. The van der Waals surface area contributed by atoms with Crippen LogP contribution < -0.4 is 10.6 Å². The molecule has 106 valence electrons. The highest BCUT2D eigenvalue weighted by atomic mass is 16.2. The fourth-order valence-electron chi connectivity index (χ4n) is 2.55. The molecule has 0 aromatic rings. The van der Waals surface area contributed by atoms with Gasteiger partial charge in [0.05, 0.1) is 6.04 Å². The highest BCUT2D eigenvalue weighted by Crippen LogP contribution is 2.12. The summed E-state index contributed by atoms with van der Waals surface area (Å²) in [6.45, 7) is 12.5. The van der Waals surface area contributed by atoms with E-state index in [0.29, 0.717) is 18.1 Å². The Morgan fingerprint density at radius 1 is 1.39 bits per heavy atom. The van der Waals surface area contributed by atoms with Crippen LogP contribution in [0.1, 0.15) is 47.5 Å². The van der Waals surface area contributed by atoms with E-state index in [2.05, 4.69) is 43.2 Å². The lowest BCUT2D eigenvalue weighted by Gasteiger charge is -2.40. The van der Waals surface area contributed by atoms with Gasteiger partial charge in [0.15, 0.2) is 0 Å². The zero-order chi connectivity index (χ0) is 13.7. The van der Waals surface area contributed by atoms with Crippen LogP contribution in [0.2, 0.25) is 0 Å². The lowest BCUT2D eigenvalue weighted by atomic mass is 10.1. The SMILES string of the molecule is CCC(CC)NC(=O)C(C)N1CC(C)NCC1C. The first kappa shape index (κ1) is 15.4. The van der Waals surface area contributed by atoms with Gasteiger partial charge in [0.2, 0.25) is 5.91 Å². The molecule has 4 nitrogen and oxygen atoms in total. The lowest BCUT2D eigenvalue weighted by Crippen LogP contribution is -2.60. The Kier molecular flexibility index (Phi) is 6.09. The Morgan fingerprint density at radius 3 is 2.56 bits per heavy atom. The second kappa shape index (κ2) is 7.10. The van der Waals surface area contributed by atoms with Crippen molar-refractivity contribution in [3.05, 3.63) is 0 Å². The molecule has 1 amide bonds. The molecule has 1 aliphatic rings. The molecule has 0 aliphatic carbocycles. The summed E-state index contributed by atoms with van der Waals surface area (Å²) in [7, 11) is 0. The average molecular weight is 255 g/mol. The molecule has 3 atom stereocenters. The number of nitrogens with one attached hydrogen (secondary N) is 2. The van der Waals surface area contributed by atoms with Gasteiger partial charge in [0.1, 0.15) is 0 Å². The van der Waals surface area contributed by atoms with E-state index >= 15 is 0 Å². The van der Waals surface area contributed by atoms with E-state index in [0.717, 1.165) is 25.9 Å². The summed E-state index contributed by atoms with van der Waals surface area (Å²) < 4.78 is 0. The van der Waals surface area contributed by atoms with Crippen LogP contribution in [0, 0.1) is 0 Å². The third-order valence-corrected chi connectivity index (χ3v) is 4.02. The van der Waals surface area contributed by atoms with Crippen LogP contribution in [-0.4, -0.2) is 48.1 Å². The number of carbonyl (C=O) groups excluding carboxylic acids is 1. The quantitative estimate of drug-likeness (QED) is 0.780. The smallest absolute Gasteiger partial charge is 0.237 e. The third kappa shape index (κ3) is 3.95. The number of rotatable bonds is 5. The molecule has 1 fully saturated rings. The van der Waals surface area contributed by atoms with Gasteiger partial charge in [-0.2, -0.15) is 0 Å². The molecule has 0 radical (unpaired) electrons. The second-order valence-electron chi connectivity index (χ2n) is 5.55. The van der Waals surface area contributed by atoms with Crippen molar-refractivity contribution in [3.8, 4) is 0 Å². The molecule has 0 aromatic carbocycles. The third-order valence-electron chi connectivity index (χ3n) is 4.02. The van der Waals surface area contributed by atoms with Crippen LogP contribution in [0.3, 0.4) is 0 Å². The van der Waals surface area contributed by atoms with Crippen molar-refractivity contribution in [2.45, 2.75) is 71.6 Å². The highest BCUT2D eigenvalue weighted by molar-refractivity contribution is 5.81. The van der Waals surface area contributed by atoms with Crippen LogP contribution >= 0.6 is 0 Å². The second-order valence-corrected chi connectivity index (χ2v) is 5.55. The van der Waals surface area contributed by atoms with E-state index in [4.69, 9.17) is 0 Å². The van der Waals surface area contributed by atoms with Crippen LogP contribution in [0.4, 0.5) is 0 Å². The summed E-state index contributed by atoms with van der Waals surface area (Å²) >= 11 is 0. The summed E-state index contributed by atoms with van der Waals surface area (Å²) in [6, 6.07) is 1.16. The molecule has 18 heavy (non-hydrogen) atoms. The maximum atomic E-state index is 12.2. The van der Waals surface area contributed by atoms with Crippen LogP contribution in [0.25, 0.3) is 0 Å². The number of hydrogen-bond acceptors (Lipinski definition) is 3. The van der Waals surface area contributed by atoms with Crippen LogP contribution in [0.15, 0.2) is 0 Å². The van der Waals surface area contributed by atoms with E-state index in [9.17, 15) is 4.79 Å². The maximum absolute atomic E-state index is 12.2. The lowest BCUT2D eigenvalue weighted by molar-refractivity contribution is -0.128. The summed E-state index contributed by atoms with van der Waals surface area (Å²) in [5.74, 6) is 0.171. The Balaban J connectivity index is 2.56. The Labute approximate surface area is 111 Å². The number of hydrogen-bond donors (Lipinski definition) is 2. The number of amides is 1. The van der Waals surface area contributed by atoms with Crippen molar-refractivity contribution in [2.24, 2.45) is 0 Å². The van der Waals surface area contributed by atoms with Gasteiger partial charge in [0.25, 0.3) is 0 Å². The van der Waals surface area contributed by atoms with E-state index < -0.39 is 0 Å². The molecule has 1 aliphatic heterocycles. The molecule has 0 bridgehead atoms. The van der Waals surface area contributed by atoms with E-state index in [1.54, 1.807) is 0 Å². The highest BCUT2D eigenvalue weighted by Gasteiger charge is 2.30. The number of carbonyl (C=O) groups is 1. The fourth-order valence-corrected chi connectivity index (χ4v) is 2.55. The normalized spacial score (nSPS) is 27.2. The van der Waals surface area contributed by atoms with Gasteiger partial charge in [0, 0.05) is 31.2 Å². The summed E-state index contributed by atoms with van der Waals surface area (Å²) in [5.41, 5.74) is 0. The molecule has 1 rings (SSSR count). The molecule has 1 heterocycles. The van der Waals surface area contributed by atoms with Crippen LogP contribution in [0.5, 0.6) is 0 Å². The average Bonchev–Trinajstić information content (AvgIpc) is 2.37. The zero-order valence-corrected chi connectivity index (χ0v) is 12.5. The largest absolute Gasteiger partial charge is 0.352 e. The molecule has 2 N–H and O–H groups in total. The van der Waals surface area contributed by atoms with E-state index in [1.807, 2.05) is 6.92 Å². The molecule has 3 unspecified atom stereocenters. The van der Waals surface area contributed by atoms with E-state index in [-0.39, 0.29) is 11.9 Å². The first-order valence-electron chi connectivity index (χ1n) is 7.29. The predicted octanol–water partition coefficient (Wildman–Crippen LogP) is 1.36. The first-order chi connectivity index (χ1) is 8.49. The minimum atomic E-state index is -0.0369. The van der Waals surface area contributed by atoms with Gasteiger partial charge in [-0.25, -0.2) is 0 Å². The van der Waals surface area contributed by atoms with Crippen molar-refractivity contribution in [3.63, 3.8) is 0 Å². The molecular weight excluding hydrogens is 226 g/mol. The Bertz CT molecular complexity index is 266. The molecule has 1 saturated heterocycles. The minimum Gasteiger partial charge on any atom is -0.352 e. The number of piperazine rings is 1. The maximum Gasteiger partial charge on any atom is 0.237 e. The van der Waals surface area contributed by atoms with Crippen molar-refractivity contribution >= 4 is 5.91 Å².